The molecule has 0 saturated heterocycles. The van der Waals surface area contributed by atoms with Crippen molar-refractivity contribution in [1.29, 1.82) is 0 Å². The Hall–Kier alpha value is -4.97. The summed E-state index contributed by atoms with van der Waals surface area (Å²) in [4.78, 5) is 35.2. The molecule has 0 aliphatic rings. The highest BCUT2D eigenvalue weighted by Gasteiger charge is 2.01. The molecule has 6 nitrogen and oxygen atoms in total. The predicted octanol–water partition coefficient (Wildman–Crippen LogP) is 7.94. The Morgan fingerprint density at radius 1 is 0.591 bits per heavy atom. The van der Waals surface area contributed by atoms with Gasteiger partial charge in [0.05, 0.1) is 13.2 Å². The summed E-state index contributed by atoms with van der Waals surface area (Å²) in [5, 5.41) is 0. The number of hydrogen-bond donors (Lipinski definition) is 0. The maximum Gasteiger partial charge on any atom is 0.331 e. The van der Waals surface area contributed by atoms with Gasteiger partial charge in [0.2, 0.25) is 0 Å². The molecule has 0 bridgehead atoms. The Kier molecular flexibility index (Phi) is 15.3. The van der Waals surface area contributed by atoms with Crippen molar-refractivity contribution in [3.05, 3.63) is 138 Å². The van der Waals surface area contributed by atoms with E-state index >= 15 is 0 Å². The van der Waals surface area contributed by atoms with Gasteiger partial charge in [-0.2, -0.15) is 0 Å². The quantitative estimate of drug-likeness (QED) is 0.0646. The van der Waals surface area contributed by atoms with E-state index in [1.54, 1.807) is 12.2 Å². The summed E-state index contributed by atoms with van der Waals surface area (Å²) in [5.74, 6) is -1.14. The molecule has 0 amide bonds. The third-order valence-corrected chi connectivity index (χ3v) is 6.50. The zero-order valence-electron chi connectivity index (χ0n) is 25.1. The van der Waals surface area contributed by atoms with Crippen molar-refractivity contribution in [2.75, 3.05) is 13.2 Å². The Morgan fingerprint density at radius 3 is 1.91 bits per heavy atom. The summed E-state index contributed by atoms with van der Waals surface area (Å²) >= 11 is 0. The average molecular weight is 593 g/mol. The summed E-state index contributed by atoms with van der Waals surface area (Å²) in [7, 11) is 0. The molecule has 3 aromatic carbocycles. The van der Waals surface area contributed by atoms with E-state index in [0.29, 0.717) is 13.2 Å². The van der Waals surface area contributed by atoms with Crippen molar-refractivity contribution in [1.82, 2.24) is 0 Å². The van der Waals surface area contributed by atoms with Gasteiger partial charge in [0.25, 0.3) is 0 Å². The molecular weight excluding hydrogens is 552 g/mol. The molecular formula is C38H40O6. The number of unbranched alkanes of at least 4 members (excludes halogenated alkanes) is 3. The van der Waals surface area contributed by atoms with Crippen LogP contribution in [0.15, 0.2) is 110 Å². The van der Waals surface area contributed by atoms with Crippen LogP contribution in [0.5, 0.6) is 0 Å². The lowest BCUT2D eigenvalue weighted by Gasteiger charge is -2.04. The van der Waals surface area contributed by atoms with Crippen LogP contribution in [0.25, 0.3) is 18.2 Å². The molecule has 0 N–H and O–H groups in total. The molecule has 228 valence electrons. The molecule has 0 aromatic heterocycles. The van der Waals surface area contributed by atoms with Crippen molar-refractivity contribution in [2.24, 2.45) is 0 Å². The van der Waals surface area contributed by atoms with Crippen LogP contribution in [-0.2, 0) is 41.6 Å². The minimum absolute atomic E-state index is 0.248. The molecule has 0 spiro atoms. The number of benzene rings is 3. The zero-order valence-corrected chi connectivity index (χ0v) is 25.1. The summed E-state index contributed by atoms with van der Waals surface area (Å²) < 4.78 is 15.6. The van der Waals surface area contributed by atoms with Crippen molar-refractivity contribution in [2.45, 2.75) is 45.1 Å². The van der Waals surface area contributed by atoms with Crippen molar-refractivity contribution in [3.63, 3.8) is 0 Å². The van der Waals surface area contributed by atoms with Crippen LogP contribution in [0.2, 0.25) is 0 Å². The molecule has 3 rings (SSSR count). The van der Waals surface area contributed by atoms with Gasteiger partial charge in [0, 0.05) is 18.2 Å². The number of carbonyl (C=O) groups is 3. The summed E-state index contributed by atoms with van der Waals surface area (Å²) in [5.41, 5.74) is 5.00. The van der Waals surface area contributed by atoms with Crippen molar-refractivity contribution in [3.8, 4) is 0 Å². The fraction of sp³-hybridized carbons (Fsp3) is 0.237. The van der Waals surface area contributed by atoms with Crippen LogP contribution >= 0.6 is 0 Å². The first kappa shape index (κ1) is 33.5. The number of rotatable bonds is 18. The number of hydrogen-bond acceptors (Lipinski definition) is 6. The van der Waals surface area contributed by atoms with E-state index in [2.05, 4.69) is 12.7 Å². The van der Waals surface area contributed by atoms with Gasteiger partial charge in [-0.3, -0.25) is 0 Å². The van der Waals surface area contributed by atoms with Gasteiger partial charge in [0.1, 0.15) is 6.61 Å². The first-order chi connectivity index (χ1) is 21.5. The van der Waals surface area contributed by atoms with Gasteiger partial charge in [-0.05, 0) is 84.6 Å². The molecule has 0 aliphatic carbocycles. The van der Waals surface area contributed by atoms with E-state index in [0.717, 1.165) is 66.3 Å². The second-order valence-electron chi connectivity index (χ2n) is 10.1. The van der Waals surface area contributed by atoms with Crippen molar-refractivity contribution >= 4 is 36.1 Å². The van der Waals surface area contributed by atoms with E-state index in [1.165, 1.54) is 18.2 Å². The van der Waals surface area contributed by atoms with Crippen LogP contribution < -0.4 is 0 Å². The van der Waals surface area contributed by atoms with Crippen LogP contribution in [0.3, 0.4) is 0 Å². The Bertz CT molecular complexity index is 1430. The lowest BCUT2D eigenvalue weighted by Crippen LogP contribution is -2.02. The fourth-order valence-corrected chi connectivity index (χ4v) is 4.19. The standard InChI is InChI=1S/C38H40O6/c1-2-36(39)42-27-11-9-15-32-19-13-20-33(29-32)22-24-37(40)43-26-10-4-3-6-14-31-18-12-21-34(28-31)23-25-38(41)44-30-35-16-7-5-8-17-35/h2,5-8,12-14,16-25,28-29H,1,3-4,9-11,15,26-27,30H2/b14-6+,24-22+,25-23+. The highest BCUT2D eigenvalue weighted by atomic mass is 16.5. The topological polar surface area (TPSA) is 78.9 Å². The van der Waals surface area contributed by atoms with E-state index < -0.39 is 5.97 Å². The maximum absolute atomic E-state index is 12.1. The highest BCUT2D eigenvalue weighted by Crippen LogP contribution is 2.12. The summed E-state index contributed by atoms with van der Waals surface area (Å²) in [6.07, 6.45) is 16.8. The van der Waals surface area contributed by atoms with Crippen LogP contribution in [0.1, 0.15) is 59.9 Å². The third kappa shape index (κ3) is 14.3. The van der Waals surface area contributed by atoms with Gasteiger partial charge in [-0.15, -0.1) is 0 Å². The zero-order chi connectivity index (χ0) is 31.2. The van der Waals surface area contributed by atoms with E-state index in [9.17, 15) is 14.4 Å². The van der Waals surface area contributed by atoms with Gasteiger partial charge < -0.3 is 14.2 Å². The number of carbonyl (C=O) groups excluding carboxylic acids is 3. The number of allylic oxidation sites excluding steroid dienone is 1. The lowest BCUT2D eigenvalue weighted by molar-refractivity contribution is -0.139. The summed E-state index contributed by atoms with van der Waals surface area (Å²) in [6, 6.07) is 25.5. The molecule has 0 saturated carbocycles. The smallest absolute Gasteiger partial charge is 0.331 e. The minimum atomic E-state index is -0.398. The van der Waals surface area contributed by atoms with Crippen LogP contribution in [0.4, 0.5) is 0 Å². The van der Waals surface area contributed by atoms with E-state index in [1.807, 2.05) is 84.9 Å². The minimum Gasteiger partial charge on any atom is -0.463 e. The molecule has 3 aromatic rings. The Labute approximate surface area is 260 Å². The first-order valence-electron chi connectivity index (χ1n) is 14.9. The van der Waals surface area contributed by atoms with Gasteiger partial charge in [0.15, 0.2) is 0 Å². The number of ether oxygens (including phenoxy) is 3. The molecule has 0 fully saturated rings. The monoisotopic (exact) mass is 592 g/mol. The number of esters is 3. The van der Waals surface area contributed by atoms with Gasteiger partial charge in [-0.1, -0.05) is 91.5 Å². The summed E-state index contributed by atoms with van der Waals surface area (Å²) in [6.45, 7) is 4.38. The van der Waals surface area contributed by atoms with E-state index in [4.69, 9.17) is 14.2 Å². The SMILES string of the molecule is C=CC(=O)OCCCCc1cccc(/C=C/C(=O)OCCCC/C=C/c2cccc(/C=C/C(=O)OCc3ccccc3)c2)c1. The highest BCUT2D eigenvalue weighted by molar-refractivity contribution is 5.87. The van der Waals surface area contributed by atoms with Gasteiger partial charge in [-0.25, -0.2) is 14.4 Å². The van der Waals surface area contributed by atoms with E-state index in [-0.39, 0.29) is 18.5 Å². The predicted molar refractivity (Wildman–Crippen MR) is 175 cm³/mol. The second-order valence-corrected chi connectivity index (χ2v) is 10.1. The van der Waals surface area contributed by atoms with Crippen molar-refractivity contribution < 1.29 is 28.6 Å². The molecule has 6 heteroatoms. The molecule has 0 aliphatic heterocycles. The Morgan fingerprint density at radius 2 is 1.18 bits per heavy atom. The molecule has 0 radical (unpaired) electrons. The maximum atomic E-state index is 12.1. The lowest BCUT2D eigenvalue weighted by atomic mass is 10.1. The van der Waals surface area contributed by atoms with Crippen LogP contribution in [0, 0.1) is 0 Å². The largest absolute Gasteiger partial charge is 0.463 e. The fourth-order valence-electron chi connectivity index (χ4n) is 4.19. The molecule has 0 atom stereocenters. The molecule has 0 unspecified atom stereocenters. The molecule has 44 heavy (non-hydrogen) atoms. The second kappa shape index (κ2) is 20.0. The molecule has 0 heterocycles. The normalized spacial score (nSPS) is 11.2. The van der Waals surface area contributed by atoms with Gasteiger partial charge >= 0.3 is 17.9 Å². The Balaban J connectivity index is 1.29. The number of aryl methyl sites for hydroxylation is 1. The average Bonchev–Trinajstić information content (AvgIpc) is 3.05. The van der Waals surface area contributed by atoms with Crippen LogP contribution in [-0.4, -0.2) is 31.1 Å². The third-order valence-electron chi connectivity index (χ3n) is 6.50. The first-order valence-corrected chi connectivity index (χ1v) is 14.9.